The van der Waals surface area contributed by atoms with Crippen LogP contribution in [0.3, 0.4) is 0 Å². The van der Waals surface area contributed by atoms with Gasteiger partial charge in [-0.15, -0.1) is 0 Å². The number of halogens is 4. The van der Waals surface area contributed by atoms with Crippen LogP contribution < -0.4 is 29.0 Å². The van der Waals surface area contributed by atoms with E-state index in [1.807, 2.05) is 34.4 Å². The SMILES string of the molecule is CCN1C(=CC=CC2N(CC(=O)NS(C)(=O)=O)c3cc(Cl)c(Cl)cc3[N+]2(CC)C(=O)[O-])N(CC)c2cc(Cl)c(Cl)cc21. The molecule has 0 bridgehead atoms. The van der Waals surface area contributed by atoms with E-state index >= 15 is 0 Å². The van der Waals surface area contributed by atoms with E-state index in [0.29, 0.717) is 28.8 Å². The molecule has 2 aliphatic heterocycles. The summed E-state index contributed by atoms with van der Waals surface area (Å²) >= 11 is 25.2. The van der Waals surface area contributed by atoms with Gasteiger partial charge in [0.25, 0.3) is 12.0 Å². The molecule has 1 N–H and O–H groups in total. The monoisotopic (exact) mass is 675 g/mol. The van der Waals surface area contributed by atoms with Gasteiger partial charge in [0, 0.05) is 19.2 Å². The van der Waals surface area contributed by atoms with Crippen LogP contribution in [0.2, 0.25) is 20.1 Å². The Bertz CT molecular complexity index is 1580. The van der Waals surface area contributed by atoms with Gasteiger partial charge in [0.2, 0.25) is 10.0 Å². The number of amides is 2. The summed E-state index contributed by atoms with van der Waals surface area (Å²) in [5.41, 5.74) is 2.31. The molecule has 0 spiro atoms. The molecule has 2 amide bonds. The Morgan fingerprint density at radius 2 is 1.43 bits per heavy atom. The van der Waals surface area contributed by atoms with Crippen LogP contribution >= 0.6 is 46.4 Å². The number of carbonyl (C=O) groups is 2. The fraction of sp³-hybridized carbons (Fsp3) is 0.333. The Hall–Kier alpha value is -2.67. The van der Waals surface area contributed by atoms with Crippen LogP contribution in [-0.2, 0) is 14.8 Å². The highest BCUT2D eigenvalue weighted by molar-refractivity contribution is 7.89. The van der Waals surface area contributed by atoms with Crippen molar-refractivity contribution in [3.8, 4) is 0 Å². The standard InChI is InChI=1S/C27H29Cl4N5O5S/c1-5-33-20-11-16(28)17(29)12-21(20)34(6-2)25(33)9-8-10-26-35(15-24(37)32-42(4,40)41)22-13-18(30)19(31)14-23(22)36(26,7-3)27(38)39/h8-14,26H,5-7,15H2,1-4H3,(H-,32,37,38,39). The molecular formula is C27H29Cl4N5O5S. The second-order valence-electron chi connectivity index (χ2n) is 9.70. The first-order chi connectivity index (χ1) is 19.7. The van der Waals surface area contributed by atoms with E-state index in [9.17, 15) is 23.1 Å². The predicted molar refractivity (Wildman–Crippen MR) is 168 cm³/mol. The highest BCUT2D eigenvalue weighted by Crippen LogP contribution is 2.49. The largest absolute Gasteiger partial charge is 0.498 e. The van der Waals surface area contributed by atoms with Crippen molar-refractivity contribution in [1.29, 1.82) is 0 Å². The number of quaternary nitrogens is 1. The summed E-state index contributed by atoms with van der Waals surface area (Å²) in [4.78, 5) is 31.2. The number of hydrogen-bond donors (Lipinski definition) is 1. The third-order valence-corrected chi connectivity index (χ3v) is 9.32. The maximum Gasteiger partial charge on any atom is 0.264 e. The highest BCUT2D eigenvalue weighted by atomic mass is 35.5. The lowest BCUT2D eigenvalue weighted by molar-refractivity contribution is -0.265. The first-order valence-electron chi connectivity index (χ1n) is 13.0. The van der Waals surface area contributed by atoms with Gasteiger partial charge in [-0.2, -0.15) is 0 Å². The molecule has 2 atom stereocenters. The molecular weight excluding hydrogens is 648 g/mol. The molecule has 0 aliphatic carbocycles. The van der Waals surface area contributed by atoms with Gasteiger partial charge in [-0.1, -0.05) is 52.5 Å². The van der Waals surface area contributed by atoms with E-state index in [-0.39, 0.29) is 22.3 Å². The third-order valence-electron chi connectivity index (χ3n) is 7.28. The van der Waals surface area contributed by atoms with E-state index in [1.165, 1.54) is 17.0 Å². The summed E-state index contributed by atoms with van der Waals surface area (Å²) in [5, 5.41) is 14.0. The Morgan fingerprint density at radius 1 is 0.929 bits per heavy atom. The number of rotatable bonds is 8. The normalized spacial score (nSPS) is 19.9. The molecule has 0 saturated carbocycles. The van der Waals surface area contributed by atoms with Crippen LogP contribution in [-0.4, -0.2) is 59.0 Å². The van der Waals surface area contributed by atoms with Crippen molar-refractivity contribution in [3.05, 3.63) is 68.4 Å². The van der Waals surface area contributed by atoms with Gasteiger partial charge < -0.3 is 24.6 Å². The summed E-state index contributed by atoms with van der Waals surface area (Å²) in [7, 11) is -3.87. The van der Waals surface area contributed by atoms with Crippen molar-refractivity contribution in [2.24, 2.45) is 0 Å². The van der Waals surface area contributed by atoms with Gasteiger partial charge in [0.1, 0.15) is 18.1 Å². The van der Waals surface area contributed by atoms with Crippen molar-refractivity contribution in [1.82, 2.24) is 9.21 Å². The van der Waals surface area contributed by atoms with E-state index in [2.05, 4.69) is 0 Å². The first-order valence-corrected chi connectivity index (χ1v) is 16.4. The Morgan fingerprint density at radius 3 is 1.88 bits per heavy atom. The van der Waals surface area contributed by atoms with E-state index < -0.39 is 39.2 Å². The molecule has 2 unspecified atom stereocenters. The van der Waals surface area contributed by atoms with Gasteiger partial charge in [-0.25, -0.2) is 12.9 Å². The predicted octanol–water partition coefficient (Wildman–Crippen LogP) is 4.96. The Balaban J connectivity index is 1.84. The van der Waals surface area contributed by atoms with E-state index in [4.69, 9.17) is 46.4 Å². The van der Waals surface area contributed by atoms with Crippen LogP contribution in [0.1, 0.15) is 20.8 Å². The zero-order valence-corrected chi connectivity index (χ0v) is 27.0. The summed E-state index contributed by atoms with van der Waals surface area (Å²) in [6, 6.07) is 6.50. The van der Waals surface area contributed by atoms with E-state index in [0.717, 1.165) is 23.5 Å². The smallest absolute Gasteiger partial charge is 0.264 e. The number of hydrogen-bond acceptors (Lipinski definition) is 8. The fourth-order valence-electron chi connectivity index (χ4n) is 5.55. The highest BCUT2D eigenvalue weighted by Gasteiger charge is 2.52. The summed E-state index contributed by atoms with van der Waals surface area (Å²) < 4.78 is 24.7. The zero-order chi connectivity index (χ0) is 31.1. The minimum absolute atomic E-state index is 0.0215. The lowest BCUT2D eigenvalue weighted by Crippen LogP contribution is -2.66. The molecule has 0 fully saturated rings. The molecule has 2 aliphatic rings. The lowest BCUT2D eigenvalue weighted by Gasteiger charge is -2.38. The molecule has 0 radical (unpaired) electrons. The van der Waals surface area contributed by atoms with Crippen molar-refractivity contribution < 1.29 is 23.1 Å². The molecule has 226 valence electrons. The number of allylic oxidation sites excluding steroid dienone is 2. The topological polar surface area (TPSA) is 113 Å². The number of sulfonamides is 1. The van der Waals surface area contributed by atoms with Crippen molar-refractivity contribution in [3.63, 3.8) is 0 Å². The van der Waals surface area contributed by atoms with Crippen LogP contribution in [0.15, 0.2) is 48.3 Å². The molecule has 42 heavy (non-hydrogen) atoms. The van der Waals surface area contributed by atoms with Gasteiger partial charge in [0.05, 0.1) is 44.3 Å². The van der Waals surface area contributed by atoms with Gasteiger partial charge in [-0.3, -0.25) is 9.52 Å². The quantitative estimate of drug-likeness (QED) is 0.391. The second kappa shape index (κ2) is 12.1. The van der Waals surface area contributed by atoms with Crippen molar-refractivity contribution >= 4 is 91.2 Å². The van der Waals surface area contributed by atoms with Crippen LogP contribution in [0.4, 0.5) is 27.5 Å². The van der Waals surface area contributed by atoms with Crippen LogP contribution in [0.5, 0.6) is 0 Å². The zero-order valence-electron chi connectivity index (χ0n) is 23.2. The number of carbonyl (C=O) groups excluding carboxylic acids is 2. The molecule has 2 aromatic carbocycles. The van der Waals surface area contributed by atoms with Crippen LogP contribution in [0, 0.1) is 0 Å². The second-order valence-corrected chi connectivity index (χ2v) is 13.1. The van der Waals surface area contributed by atoms with E-state index in [1.54, 1.807) is 31.2 Å². The van der Waals surface area contributed by atoms with Crippen molar-refractivity contribution in [2.75, 3.05) is 47.1 Å². The lowest BCUT2D eigenvalue weighted by atomic mass is 10.2. The summed E-state index contributed by atoms with van der Waals surface area (Å²) in [6.07, 6.45) is 3.55. The molecule has 0 aromatic heterocycles. The minimum atomic E-state index is -3.87. The van der Waals surface area contributed by atoms with Gasteiger partial charge in [-0.05, 0) is 51.1 Å². The molecule has 2 aromatic rings. The Kier molecular flexibility index (Phi) is 9.32. The maximum atomic E-state index is 12.9. The van der Waals surface area contributed by atoms with Gasteiger partial charge >= 0.3 is 0 Å². The number of nitrogens with zero attached hydrogens (tertiary/aromatic N) is 4. The number of carboxylic acid groups (broad SMARTS) is 1. The molecule has 15 heteroatoms. The molecule has 10 nitrogen and oxygen atoms in total. The average molecular weight is 677 g/mol. The maximum absolute atomic E-state index is 12.9. The number of likely N-dealkylation sites (N-methyl/N-ethyl adjacent to an activating group) is 1. The number of fused-ring (bicyclic) bond motifs is 2. The van der Waals surface area contributed by atoms with Crippen LogP contribution in [0.25, 0.3) is 0 Å². The number of nitrogens with one attached hydrogen (secondary N) is 1. The number of anilines is 3. The molecule has 0 saturated heterocycles. The van der Waals surface area contributed by atoms with Gasteiger partial charge in [0.15, 0.2) is 11.9 Å². The fourth-order valence-corrected chi connectivity index (χ4v) is 6.66. The summed E-state index contributed by atoms with van der Waals surface area (Å²) in [6.45, 7) is 6.40. The van der Waals surface area contributed by atoms with Crippen molar-refractivity contribution in [2.45, 2.75) is 26.9 Å². The average Bonchev–Trinajstić information content (AvgIpc) is 3.32. The molecule has 4 rings (SSSR count). The summed E-state index contributed by atoms with van der Waals surface area (Å²) in [5.74, 6) is -0.0503. The Labute approximate surface area is 264 Å². The minimum Gasteiger partial charge on any atom is -0.498 e. The molecule has 2 heterocycles. The number of benzene rings is 2. The third kappa shape index (κ3) is 5.66. The first kappa shape index (κ1) is 32.2.